The van der Waals surface area contributed by atoms with Gasteiger partial charge in [-0.3, -0.25) is 14.7 Å². The van der Waals surface area contributed by atoms with Crippen molar-refractivity contribution in [3.05, 3.63) is 76.6 Å². The number of nitrogens with one attached hydrogen (secondary N) is 1. The van der Waals surface area contributed by atoms with Crippen LogP contribution in [0.2, 0.25) is 0 Å². The Kier molecular flexibility index (Phi) is 5.14. The highest BCUT2D eigenvalue weighted by Crippen LogP contribution is 2.32. The maximum absolute atomic E-state index is 12.7. The fraction of sp³-hybridized carbons (Fsp3) is 0.190. The van der Waals surface area contributed by atoms with Gasteiger partial charge in [0.2, 0.25) is 0 Å². The molecule has 1 aromatic heterocycles. The number of rotatable bonds is 4. The quantitative estimate of drug-likeness (QED) is 0.661. The normalized spacial score (nSPS) is 13.6. The summed E-state index contributed by atoms with van der Waals surface area (Å²) in [6, 6.07) is 11.1. The highest BCUT2D eigenvalue weighted by Gasteiger charge is 2.30. The summed E-state index contributed by atoms with van der Waals surface area (Å²) in [6.45, 7) is 0.791. The van der Waals surface area contributed by atoms with Crippen LogP contribution in [0.3, 0.4) is 0 Å². The lowest BCUT2D eigenvalue weighted by Gasteiger charge is -2.28. The van der Waals surface area contributed by atoms with Gasteiger partial charge in [-0.25, -0.2) is 0 Å². The van der Waals surface area contributed by atoms with Crippen LogP contribution in [0, 0.1) is 0 Å². The van der Waals surface area contributed by atoms with Gasteiger partial charge in [-0.1, -0.05) is 6.07 Å². The summed E-state index contributed by atoms with van der Waals surface area (Å²) >= 11 is 0. The first kappa shape index (κ1) is 20.5. The number of halogens is 3. The molecule has 2 aromatic carbocycles. The standard InChI is InChI=1S/C21H17F3N4O3/c22-21(23,24)14-2-5-15(6-3-14)31-16-4-1-12-7-8-28(11-13(12)9-16)20(30)18-10-17(19(25)29)26-27-18/h1-6,9-10H,7-8,11H2,(H2,25,29)(H,26,27). The second-order valence-corrected chi connectivity index (χ2v) is 7.06. The number of primary amides is 1. The molecule has 10 heteroatoms. The summed E-state index contributed by atoms with van der Waals surface area (Å²) in [4.78, 5) is 25.5. The van der Waals surface area contributed by atoms with Crippen LogP contribution in [-0.2, 0) is 19.1 Å². The Labute approximate surface area is 174 Å². The molecule has 0 spiro atoms. The van der Waals surface area contributed by atoms with Crippen LogP contribution >= 0.6 is 0 Å². The number of hydrogen-bond acceptors (Lipinski definition) is 4. The molecule has 0 unspecified atom stereocenters. The van der Waals surface area contributed by atoms with Gasteiger partial charge >= 0.3 is 6.18 Å². The van der Waals surface area contributed by atoms with Crippen molar-refractivity contribution < 1.29 is 27.5 Å². The van der Waals surface area contributed by atoms with Gasteiger partial charge < -0.3 is 15.4 Å². The molecule has 0 bridgehead atoms. The zero-order valence-corrected chi connectivity index (χ0v) is 16.1. The summed E-state index contributed by atoms with van der Waals surface area (Å²) < 4.78 is 43.8. The van der Waals surface area contributed by atoms with Crippen LogP contribution in [0.25, 0.3) is 0 Å². The number of hydrogen-bond donors (Lipinski definition) is 2. The zero-order chi connectivity index (χ0) is 22.2. The van der Waals surface area contributed by atoms with E-state index in [1.807, 2.05) is 6.07 Å². The third-order valence-corrected chi connectivity index (χ3v) is 4.96. The van der Waals surface area contributed by atoms with Crippen LogP contribution in [0.1, 0.15) is 37.7 Å². The highest BCUT2D eigenvalue weighted by atomic mass is 19.4. The highest BCUT2D eigenvalue weighted by molar-refractivity contribution is 5.97. The number of fused-ring (bicyclic) bond motifs is 1. The first-order chi connectivity index (χ1) is 14.7. The molecule has 1 aliphatic rings. The van der Waals surface area contributed by atoms with Gasteiger partial charge in [-0.15, -0.1) is 0 Å². The molecule has 0 radical (unpaired) electrons. The Hall–Kier alpha value is -3.82. The number of amides is 2. The van der Waals surface area contributed by atoms with Crippen LogP contribution < -0.4 is 10.5 Å². The lowest BCUT2D eigenvalue weighted by molar-refractivity contribution is -0.137. The smallest absolute Gasteiger partial charge is 0.416 e. The average molecular weight is 430 g/mol. The molecule has 31 heavy (non-hydrogen) atoms. The van der Waals surface area contributed by atoms with E-state index < -0.39 is 17.6 Å². The summed E-state index contributed by atoms with van der Waals surface area (Å²) in [7, 11) is 0. The molecule has 0 atom stereocenters. The minimum atomic E-state index is -4.41. The van der Waals surface area contributed by atoms with Gasteiger partial charge in [0.1, 0.15) is 17.2 Å². The molecule has 7 nitrogen and oxygen atoms in total. The fourth-order valence-electron chi connectivity index (χ4n) is 3.35. The Balaban J connectivity index is 1.48. The Morgan fingerprint density at radius 1 is 1.03 bits per heavy atom. The van der Waals surface area contributed by atoms with E-state index in [0.29, 0.717) is 25.3 Å². The number of H-pyrrole nitrogens is 1. The van der Waals surface area contributed by atoms with Crippen molar-refractivity contribution in [1.82, 2.24) is 15.1 Å². The Morgan fingerprint density at radius 3 is 2.39 bits per heavy atom. The predicted molar refractivity (Wildman–Crippen MR) is 104 cm³/mol. The molecule has 0 aliphatic carbocycles. The van der Waals surface area contributed by atoms with Gasteiger partial charge in [-0.05, 0) is 53.9 Å². The molecule has 4 rings (SSSR count). The maximum atomic E-state index is 12.7. The number of benzene rings is 2. The molecule has 2 heterocycles. The third kappa shape index (κ3) is 4.37. The van der Waals surface area contributed by atoms with E-state index in [1.165, 1.54) is 18.2 Å². The molecule has 3 N–H and O–H groups in total. The number of nitrogens with two attached hydrogens (primary N) is 1. The van der Waals surface area contributed by atoms with E-state index in [-0.39, 0.29) is 23.0 Å². The minimum Gasteiger partial charge on any atom is -0.457 e. The first-order valence-electron chi connectivity index (χ1n) is 9.32. The predicted octanol–water partition coefficient (Wildman–Crippen LogP) is 3.52. The number of carbonyl (C=O) groups excluding carboxylic acids is 2. The fourth-order valence-corrected chi connectivity index (χ4v) is 3.35. The van der Waals surface area contributed by atoms with Gasteiger partial charge in [0.25, 0.3) is 11.8 Å². The molecular weight excluding hydrogens is 413 g/mol. The Morgan fingerprint density at radius 2 is 1.74 bits per heavy atom. The monoisotopic (exact) mass is 430 g/mol. The first-order valence-corrected chi connectivity index (χ1v) is 9.32. The molecule has 160 valence electrons. The lowest BCUT2D eigenvalue weighted by Crippen LogP contribution is -2.36. The second kappa shape index (κ2) is 7.78. The SMILES string of the molecule is NC(=O)c1cc(C(=O)N2CCc3ccc(Oc4ccc(C(F)(F)F)cc4)cc3C2)[nH]n1. The molecule has 3 aromatic rings. The number of carbonyl (C=O) groups is 2. The van der Waals surface area contributed by atoms with Crippen molar-refractivity contribution >= 4 is 11.8 Å². The lowest BCUT2D eigenvalue weighted by atomic mass is 9.99. The average Bonchev–Trinajstić information content (AvgIpc) is 3.23. The van der Waals surface area contributed by atoms with Crippen molar-refractivity contribution in [3.8, 4) is 11.5 Å². The third-order valence-electron chi connectivity index (χ3n) is 4.96. The van der Waals surface area contributed by atoms with Gasteiger partial charge in [-0.2, -0.15) is 18.3 Å². The number of aromatic amines is 1. The van der Waals surface area contributed by atoms with Gasteiger partial charge in [0.05, 0.1) is 5.56 Å². The molecule has 2 amide bonds. The van der Waals surface area contributed by atoms with E-state index >= 15 is 0 Å². The number of ether oxygens (including phenoxy) is 1. The molecule has 0 saturated heterocycles. The van der Waals surface area contributed by atoms with E-state index in [9.17, 15) is 22.8 Å². The molecular formula is C21H17F3N4O3. The second-order valence-electron chi connectivity index (χ2n) is 7.06. The molecule has 0 fully saturated rings. The van der Waals surface area contributed by atoms with Crippen molar-refractivity contribution in [2.24, 2.45) is 5.73 Å². The molecule has 0 saturated carbocycles. The summed E-state index contributed by atoms with van der Waals surface area (Å²) in [5.74, 6) is -0.331. The largest absolute Gasteiger partial charge is 0.457 e. The van der Waals surface area contributed by atoms with Crippen molar-refractivity contribution in [2.45, 2.75) is 19.1 Å². The van der Waals surface area contributed by atoms with Gasteiger partial charge in [0, 0.05) is 19.2 Å². The van der Waals surface area contributed by atoms with E-state index in [1.54, 1.807) is 17.0 Å². The summed E-state index contributed by atoms with van der Waals surface area (Å²) in [6.07, 6.45) is -3.79. The van der Waals surface area contributed by atoms with Crippen molar-refractivity contribution in [3.63, 3.8) is 0 Å². The van der Waals surface area contributed by atoms with Crippen LogP contribution in [0.15, 0.2) is 48.5 Å². The summed E-state index contributed by atoms with van der Waals surface area (Å²) in [5.41, 5.74) is 6.46. The zero-order valence-electron chi connectivity index (χ0n) is 16.1. The van der Waals surface area contributed by atoms with Crippen LogP contribution in [0.4, 0.5) is 13.2 Å². The number of aromatic nitrogens is 2. The van der Waals surface area contributed by atoms with Gasteiger partial charge in [0.15, 0.2) is 5.69 Å². The van der Waals surface area contributed by atoms with E-state index in [0.717, 1.165) is 23.3 Å². The van der Waals surface area contributed by atoms with Crippen LogP contribution in [0.5, 0.6) is 11.5 Å². The van der Waals surface area contributed by atoms with E-state index in [2.05, 4.69) is 10.2 Å². The maximum Gasteiger partial charge on any atom is 0.416 e. The van der Waals surface area contributed by atoms with E-state index in [4.69, 9.17) is 10.5 Å². The minimum absolute atomic E-state index is 0.0204. The van der Waals surface area contributed by atoms with Crippen molar-refractivity contribution in [2.75, 3.05) is 6.54 Å². The topological polar surface area (TPSA) is 101 Å². The summed E-state index contributed by atoms with van der Waals surface area (Å²) in [5, 5.41) is 6.24. The number of nitrogens with zero attached hydrogens (tertiary/aromatic N) is 2. The molecule has 1 aliphatic heterocycles. The van der Waals surface area contributed by atoms with Crippen LogP contribution in [-0.4, -0.2) is 33.5 Å². The number of alkyl halides is 3. The Bertz CT molecular complexity index is 1140. The van der Waals surface area contributed by atoms with Crippen molar-refractivity contribution in [1.29, 1.82) is 0 Å².